The Balaban J connectivity index is 3.05. The second-order valence-electron chi connectivity index (χ2n) is 2.79. The number of hydrogen-bond acceptors (Lipinski definition) is 3. The smallest absolute Gasteiger partial charge is 0.0685 e. The van der Waals surface area contributed by atoms with Crippen molar-refractivity contribution in [2.75, 3.05) is 6.61 Å². The van der Waals surface area contributed by atoms with Gasteiger partial charge in [0, 0.05) is 5.02 Å². The molecule has 0 spiro atoms. The van der Waals surface area contributed by atoms with Crippen LogP contribution in [0.2, 0.25) is 5.02 Å². The SMILES string of the molecule is N[C@H](CO)c1ccc(Cl)cc1CO. The summed E-state index contributed by atoms with van der Waals surface area (Å²) in [6, 6.07) is 4.59. The highest BCUT2D eigenvalue weighted by atomic mass is 35.5. The fraction of sp³-hybridized carbons (Fsp3) is 0.333. The van der Waals surface area contributed by atoms with E-state index >= 15 is 0 Å². The first-order valence-corrected chi connectivity index (χ1v) is 4.32. The summed E-state index contributed by atoms with van der Waals surface area (Å²) < 4.78 is 0. The van der Waals surface area contributed by atoms with Crippen LogP contribution in [0.25, 0.3) is 0 Å². The lowest BCUT2D eigenvalue weighted by Gasteiger charge is -2.12. The summed E-state index contributed by atoms with van der Waals surface area (Å²) in [5.41, 5.74) is 7.01. The van der Waals surface area contributed by atoms with Crippen molar-refractivity contribution in [2.45, 2.75) is 12.6 Å². The minimum atomic E-state index is -0.459. The molecule has 13 heavy (non-hydrogen) atoms. The Morgan fingerprint density at radius 3 is 2.62 bits per heavy atom. The maximum Gasteiger partial charge on any atom is 0.0685 e. The number of halogens is 1. The lowest BCUT2D eigenvalue weighted by Crippen LogP contribution is -2.16. The Bertz CT molecular complexity index is 291. The molecule has 0 aliphatic carbocycles. The summed E-state index contributed by atoms with van der Waals surface area (Å²) in [5, 5.41) is 18.4. The van der Waals surface area contributed by atoms with Gasteiger partial charge in [-0.25, -0.2) is 0 Å². The van der Waals surface area contributed by atoms with E-state index in [1.807, 2.05) is 0 Å². The third-order valence-electron chi connectivity index (χ3n) is 1.87. The van der Waals surface area contributed by atoms with E-state index in [-0.39, 0.29) is 13.2 Å². The highest BCUT2D eigenvalue weighted by Gasteiger charge is 2.09. The molecule has 1 atom stereocenters. The van der Waals surface area contributed by atoms with Gasteiger partial charge in [0.05, 0.1) is 19.3 Å². The van der Waals surface area contributed by atoms with E-state index in [1.54, 1.807) is 18.2 Å². The molecule has 4 N–H and O–H groups in total. The molecule has 0 radical (unpaired) electrons. The van der Waals surface area contributed by atoms with Crippen LogP contribution in [0.4, 0.5) is 0 Å². The number of aliphatic hydroxyl groups excluding tert-OH is 2. The second-order valence-corrected chi connectivity index (χ2v) is 3.23. The van der Waals surface area contributed by atoms with Crippen molar-refractivity contribution >= 4 is 11.6 Å². The van der Waals surface area contributed by atoms with Crippen molar-refractivity contribution < 1.29 is 10.2 Å². The zero-order chi connectivity index (χ0) is 9.84. The molecule has 0 saturated heterocycles. The Morgan fingerprint density at radius 1 is 1.38 bits per heavy atom. The first-order chi connectivity index (χ1) is 6.19. The Labute approximate surface area is 81.8 Å². The topological polar surface area (TPSA) is 66.5 Å². The molecule has 3 nitrogen and oxygen atoms in total. The molecule has 0 aliphatic rings. The molecule has 0 bridgehead atoms. The van der Waals surface area contributed by atoms with Gasteiger partial charge >= 0.3 is 0 Å². The van der Waals surface area contributed by atoms with Crippen LogP contribution in [0.15, 0.2) is 18.2 Å². The summed E-state index contributed by atoms with van der Waals surface area (Å²) in [7, 11) is 0. The fourth-order valence-corrected chi connectivity index (χ4v) is 1.37. The average molecular weight is 202 g/mol. The van der Waals surface area contributed by atoms with Gasteiger partial charge in [0.1, 0.15) is 0 Å². The average Bonchev–Trinajstić information content (AvgIpc) is 2.16. The van der Waals surface area contributed by atoms with Gasteiger partial charge in [-0.3, -0.25) is 0 Å². The number of rotatable bonds is 3. The molecule has 0 heterocycles. The first-order valence-electron chi connectivity index (χ1n) is 3.94. The van der Waals surface area contributed by atoms with Crippen molar-refractivity contribution in [3.8, 4) is 0 Å². The molecule has 0 saturated carbocycles. The monoisotopic (exact) mass is 201 g/mol. The summed E-state index contributed by atoms with van der Waals surface area (Å²) in [6.45, 7) is -0.266. The lowest BCUT2D eigenvalue weighted by atomic mass is 10.0. The third-order valence-corrected chi connectivity index (χ3v) is 2.11. The van der Waals surface area contributed by atoms with Gasteiger partial charge in [0.2, 0.25) is 0 Å². The zero-order valence-electron chi connectivity index (χ0n) is 7.07. The van der Waals surface area contributed by atoms with Crippen LogP contribution in [0.3, 0.4) is 0 Å². The molecule has 0 aromatic heterocycles. The number of aliphatic hydroxyl groups is 2. The number of nitrogens with two attached hydrogens (primary N) is 1. The minimum Gasteiger partial charge on any atom is -0.394 e. The van der Waals surface area contributed by atoms with Crippen molar-refractivity contribution in [2.24, 2.45) is 5.73 Å². The molecule has 1 aromatic rings. The largest absolute Gasteiger partial charge is 0.394 e. The van der Waals surface area contributed by atoms with Gasteiger partial charge in [-0.05, 0) is 23.3 Å². The van der Waals surface area contributed by atoms with Gasteiger partial charge in [-0.15, -0.1) is 0 Å². The van der Waals surface area contributed by atoms with Crippen LogP contribution in [-0.2, 0) is 6.61 Å². The standard InChI is InChI=1S/C9H12ClNO2/c10-7-1-2-8(9(11)5-13)6(3-7)4-12/h1-3,9,12-13H,4-5,11H2/t9-/m1/s1. The quantitative estimate of drug-likeness (QED) is 0.679. The van der Waals surface area contributed by atoms with Gasteiger partial charge in [-0.2, -0.15) is 0 Å². The molecule has 0 aliphatic heterocycles. The molecule has 0 unspecified atom stereocenters. The maximum atomic E-state index is 8.99. The highest BCUT2D eigenvalue weighted by molar-refractivity contribution is 6.30. The van der Waals surface area contributed by atoms with Crippen molar-refractivity contribution in [3.63, 3.8) is 0 Å². The van der Waals surface area contributed by atoms with Crippen LogP contribution >= 0.6 is 11.6 Å². The summed E-state index contributed by atoms with van der Waals surface area (Å²) in [5.74, 6) is 0. The first kappa shape index (κ1) is 10.5. The Kier molecular flexibility index (Phi) is 3.69. The molecular formula is C9H12ClNO2. The second kappa shape index (κ2) is 4.58. The van der Waals surface area contributed by atoms with E-state index < -0.39 is 6.04 Å². The maximum absolute atomic E-state index is 8.99. The van der Waals surface area contributed by atoms with Crippen molar-refractivity contribution in [3.05, 3.63) is 34.3 Å². The molecular weight excluding hydrogens is 190 g/mol. The van der Waals surface area contributed by atoms with E-state index in [2.05, 4.69) is 0 Å². The van der Waals surface area contributed by atoms with E-state index in [9.17, 15) is 0 Å². The van der Waals surface area contributed by atoms with Gasteiger partial charge in [-0.1, -0.05) is 17.7 Å². The van der Waals surface area contributed by atoms with Crippen LogP contribution in [-0.4, -0.2) is 16.8 Å². The van der Waals surface area contributed by atoms with E-state index in [0.29, 0.717) is 10.6 Å². The number of hydrogen-bond donors (Lipinski definition) is 3. The van der Waals surface area contributed by atoms with Gasteiger partial charge < -0.3 is 15.9 Å². The Morgan fingerprint density at radius 2 is 2.08 bits per heavy atom. The third kappa shape index (κ3) is 2.42. The van der Waals surface area contributed by atoms with Crippen molar-refractivity contribution in [1.82, 2.24) is 0 Å². The van der Waals surface area contributed by atoms with Crippen LogP contribution < -0.4 is 5.73 Å². The predicted molar refractivity (Wildman–Crippen MR) is 51.4 cm³/mol. The predicted octanol–water partition coefficient (Wildman–Crippen LogP) is 0.824. The lowest BCUT2D eigenvalue weighted by molar-refractivity contribution is 0.259. The molecule has 1 aromatic carbocycles. The zero-order valence-corrected chi connectivity index (χ0v) is 7.83. The van der Waals surface area contributed by atoms with Crippen LogP contribution in [0, 0.1) is 0 Å². The van der Waals surface area contributed by atoms with Crippen LogP contribution in [0.1, 0.15) is 17.2 Å². The van der Waals surface area contributed by atoms with Gasteiger partial charge in [0.15, 0.2) is 0 Å². The fourth-order valence-electron chi connectivity index (χ4n) is 1.17. The van der Waals surface area contributed by atoms with Crippen LogP contribution in [0.5, 0.6) is 0 Å². The normalized spacial score (nSPS) is 12.9. The number of benzene rings is 1. The summed E-state index contributed by atoms with van der Waals surface area (Å²) in [6.07, 6.45) is 0. The minimum absolute atomic E-state index is 0.121. The van der Waals surface area contributed by atoms with Crippen molar-refractivity contribution in [1.29, 1.82) is 0 Å². The molecule has 0 amide bonds. The molecule has 0 fully saturated rings. The molecule has 1 rings (SSSR count). The highest BCUT2D eigenvalue weighted by Crippen LogP contribution is 2.20. The molecule has 72 valence electrons. The molecule has 4 heteroatoms. The van der Waals surface area contributed by atoms with E-state index in [4.69, 9.17) is 27.5 Å². The van der Waals surface area contributed by atoms with E-state index in [1.165, 1.54) is 0 Å². The van der Waals surface area contributed by atoms with Gasteiger partial charge in [0.25, 0.3) is 0 Å². The Hall–Kier alpha value is -0.610. The van der Waals surface area contributed by atoms with E-state index in [0.717, 1.165) is 5.56 Å². The summed E-state index contributed by atoms with van der Waals surface area (Å²) >= 11 is 5.73. The summed E-state index contributed by atoms with van der Waals surface area (Å²) in [4.78, 5) is 0.